The molecule has 25 heavy (non-hydrogen) atoms. The molecule has 8 nitrogen and oxygen atoms in total. The molecule has 1 aliphatic rings. The number of rotatable bonds is 6. The van der Waals surface area contributed by atoms with Gasteiger partial charge in [-0.1, -0.05) is 12.1 Å². The number of guanidine groups is 1. The Morgan fingerprint density at radius 3 is 2.80 bits per heavy atom. The minimum absolute atomic E-state index is 0.0182. The van der Waals surface area contributed by atoms with Crippen molar-refractivity contribution < 1.29 is 14.3 Å². The lowest BCUT2D eigenvalue weighted by Crippen LogP contribution is -2.25. The molecule has 0 radical (unpaired) electrons. The first-order chi connectivity index (χ1) is 11.9. The minimum Gasteiger partial charge on any atom is -0.496 e. The summed E-state index contributed by atoms with van der Waals surface area (Å²) in [5, 5.41) is 2.51. The van der Waals surface area contributed by atoms with Crippen LogP contribution in [0.5, 0.6) is 5.75 Å². The van der Waals surface area contributed by atoms with Crippen molar-refractivity contribution in [1.82, 2.24) is 10.2 Å². The van der Waals surface area contributed by atoms with Gasteiger partial charge in [0.1, 0.15) is 11.4 Å². The SMILES string of the molecule is COc1ccc(C=CN2C(=O)NC(=CCCN=C(N)N)C2=O)cc1Br. The number of carbonyl (C=O) groups is 2. The molecular weight excluding hydrogens is 390 g/mol. The van der Waals surface area contributed by atoms with E-state index in [0.717, 1.165) is 14.9 Å². The Morgan fingerprint density at radius 1 is 1.40 bits per heavy atom. The number of nitrogens with two attached hydrogens (primary N) is 2. The van der Waals surface area contributed by atoms with Gasteiger partial charge in [-0.05, 0) is 46.1 Å². The number of carbonyl (C=O) groups excluding carboxylic acids is 2. The summed E-state index contributed by atoms with van der Waals surface area (Å²) in [7, 11) is 1.57. The highest BCUT2D eigenvalue weighted by molar-refractivity contribution is 9.10. The monoisotopic (exact) mass is 407 g/mol. The summed E-state index contributed by atoms with van der Waals surface area (Å²) in [6.45, 7) is 0.338. The number of imide groups is 1. The second kappa shape index (κ2) is 8.34. The molecule has 9 heteroatoms. The zero-order chi connectivity index (χ0) is 18.4. The first kappa shape index (κ1) is 18.5. The molecule has 1 aromatic carbocycles. The summed E-state index contributed by atoms with van der Waals surface area (Å²) < 4.78 is 5.93. The van der Waals surface area contributed by atoms with Crippen LogP contribution in [0.2, 0.25) is 0 Å². The van der Waals surface area contributed by atoms with E-state index >= 15 is 0 Å². The van der Waals surface area contributed by atoms with Gasteiger partial charge in [0.05, 0.1) is 11.6 Å². The molecule has 1 saturated heterocycles. The minimum atomic E-state index is -0.512. The zero-order valence-electron chi connectivity index (χ0n) is 13.5. The van der Waals surface area contributed by atoms with Gasteiger partial charge in [-0.3, -0.25) is 9.79 Å². The third-order valence-electron chi connectivity index (χ3n) is 3.27. The predicted molar refractivity (Wildman–Crippen MR) is 98.5 cm³/mol. The van der Waals surface area contributed by atoms with Crippen LogP contribution in [0, 0.1) is 0 Å². The average molecular weight is 408 g/mol. The first-order valence-corrected chi connectivity index (χ1v) is 8.13. The van der Waals surface area contributed by atoms with Gasteiger partial charge in [0, 0.05) is 12.7 Å². The molecule has 1 aromatic rings. The Kier molecular flexibility index (Phi) is 6.18. The van der Waals surface area contributed by atoms with Crippen LogP contribution in [0.4, 0.5) is 4.79 Å². The lowest BCUT2D eigenvalue weighted by molar-refractivity contribution is -0.121. The van der Waals surface area contributed by atoms with Gasteiger partial charge in [0.25, 0.3) is 5.91 Å². The van der Waals surface area contributed by atoms with Crippen LogP contribution < -0.4 is 21.5 Å². The lowest BCUT2D eigenvalue weighted by atomic mass is 10.2. The number of amides is 3. The van der Waals surface area contributed by atoms with E-state index in [-0.39, 0.29) is 11.7 Å². The number of hydrogen-bond acceptors (Lipinski definition) is 4. The zero-order valence-corrected chi connectivity index (χ0v) is 15.1. The fourth-order valence-corrected chi connectivity index (χ4v) is 2.63. The van der Waals surface area contributed by atoms with Crippen LogP contribution in [-0.2, 0) is 4.79 Å². The summed E-state index contributed by atoms with van der Waals surface area (Å²) in [6, 6.07) is 4.90. The average Bonchev–Trinajstić information content (AvgIpc) is 2.83. The Morgan fingerprint density at radius 2 is 2.16 bits per heavy atom. The largest absolute Gasteiger partial charge is 0.496 e. The molecule has 0 unspecified atom stereocenters. The van der Waals surface area contributed by atoms with Gasteiger partial charge in [-0.25, -0.2) is 9.69 Å². The molecule has 3 amide bonds. The Bertz CT molecular complexity index is 769. The highest BCUT2D eigenvalue weighted by Gasteiger charge is 2.31. The molecule has 0 bridgehead atoms. The number of halogens is 1. The van der Waals surface area contributed by atoms with Crippen LogP contribution in [0.1, 0.15) is 12.0 Å². The topological polar surface area (TPSA) is 123 Å². The molecule has 5 N–H and O–H groups in total. The number of nitrogens with zero attached hydrogens (tertiary/aromatic N) is 2. The van der Waals surface area contributed by atoms with E-state index in [1.54, 1.807) is 25.3 Å². The summed E-state index contributed by atoms with van der Waals surface area (Å²) >= 11 is 3.38. The van der Waals surface area contributed by atoms with E-state index in [0.29, 0.717) is 18.7 Å². The highest BCUT2D eigenvalue weighted by Crippen LogP contribution is 2.26. The van der Waals surface area contributed by atoms with E-state index in [1.807, 2.05) is 12.1 Å². The van der Waals surface area contributed by atoms with Crippen LogP contribution in [0.15, 0.2) is 45.6 Å². The van der Waals surface area contributed by atoms with Gasteiger partial charge in [-0.2, -0.15) is 0 Å². The molecule has 0 aromatic heterocycles. The number of benzene rings is 1. The van der Waals surface area contributed by atoms with Crippen molar-refractivity contribution in [2.75, 3.05) is 13.7 Å². The van der Waals surface area contributed by atoms with E-state index < -0.39 is 11.9 Å². The first-order valence-electron chi connectivity index (χ1n) is 7.34. The van der Waals surface area contributed by atoms with Gasteiger partial charge < -0.3 is 21.5 Å². The van der Waals surface area contributed by atoms with Crippen LogP contribution in [0.25, 0.3) is 6.08 Å². The van der Waals surface area contributed by atoms with Crippen molar-refractivity contribution in [2.24, 2.45) is 16.5 Å². The molecule has 0 saturated carbocycles. The smallest absolute Gasteiger partial charge is 0.333 e. The molecule has 1 aliphatic heterocycles. The number of ether oxygens (including phenoxy) is 1. The standard InChI is InChI=1S/C16H18BrN5O3/c1-25-13-5-4-10(9-11(13)17)6-8-22-14(23)12(21-16(22)24)3-2-7-20-15(18)19/h3-6,8-9H,2,7H2,1H3,(H,21,24)(H4,18,19,20). The maximum atomic E-state index is 12.2. The summed E-state index contributed by atoms with van der Waals surface area (Å²) in [6.07, 6.45) is 5.10. The van der Waals surface area contributed by atoms with Crippen molar-refractivity contribution in [3.63, 3.8) is 0 Å². The molecular formula is C16H18BrN5O3. The summed E-state index contributed by atoms with van der Waals surface area (Å²) in [5.41, 5.74) is 11.5. The maximum absolute atomic E-state index is 12.2. The lowest BCUT2D eigenvalue weighted by Gasteiger charge is -2.06. The van der Waals surface area contributed by atoms with Gasteiger partial charge in [0.15, 0.2) is 5.96 Å². The number of methoxy groups -OCH3 is 1. The number of aliphatic imine (C=N–C) groups is 1. The summed E-state index contributed by atoms with van der Waals surface area (Å²) in [5.74, 6) is 0.243. The van der Waals surface area contributed by atoms with Gasteiger partial charge in [0.2, 0.25) is 0 Å². The molecule has 0 atom stereocenters. The number of hydrogen-bond donors (Lipinski definition) is 3. The quantitative estimate of drug-likeness (QED) is 0.217. The van der Waals surface area contributed by atoms with E-state index in [4.69, 9.17) is 16.2 Å². The number of nitrogens with one attached hydrogen (secondary N) is 1. The van der Waals surface area contributed by atoms with E-state index in [2.05, 4.69) is 26.2 Å². The van der Waals surface area contributed by atoms with Crippen molar-refractivity contribution in [2.45, 2.75) is 6.42 Å². The predicted octanol–water partition coefficient (Wildman–Crippen LogP) is 1.53. The fourth-order valence-electron chi connectivity index (χ4n) is 2.07. The second-order valence-corrected chi connectivity index (χ2v) is 5.88. The Hall–Kier alpha value is -2.81. The van der Waals surface area contributed by atoms with E-state index in [9.17, 15) is 9.59 Å². The maximum Gasteiger partial charge on any atom is 0.333 e. The molecule has 0 spiro atoms. The third-order valence-corrected chi connectivity index (χ3v) is 3.89. The highest BCUT2D eigenvalue weighted by atomic mass is 79.9. The molecule has 1 fully saturated rings. The second-order valence-electron chi connectivity index (χ2n) is 5.03. The Labute approximate surface area is 153 Å². The van der Waals surface area contributed by atoms with E-state index in [1.165, 1.54) is 6.20 Å². The molecule has 2 rings (SSSR count). The van der Waals surface area contributed by atoms with Crippen molar-refractivity contribution >= 4 is 39.9 Å². The molecule has 1 heterocycles. The molecule has 0 aliphatic carbocycles. The van der Waals surface area contributed by atoms with Gasteiger partial charge >= 0.3 is 6.03 Å². The van der Waals surface area contributed by atoms with Crippen molar-refractivity contribution in [3.05, 3.63) is 46.2 Å². The molecule has 132 valence electrons. The third kappa shape index (κ3) is 4.83. The summed E-state index contributed by atoms with van der Waals surface area (Å²) in [4.78, 5) is 29.0. The van der Waals surface area contributed by atoms with Crippen LogP contribution >= 0.6 is 15.9 Å². The van der Waals surface area contributed by atoms with Crippen LogP contribution in [0.3, 0.4) is 0 Å². The van der Waals surface area contributed by atoms with Crippen LogP contribution in [-0.4, -0.2) is 36.5 Å². The number of urea groups is 1. The van der Waals surface area contributed by atoms with Crippen molar-refractivity contribution in [3.8, 4) is 5.75 Å². The van der Waals surface area contributed by atoms with Crippen molar-refractivity contribution in [1.29, 1.82) is 0 Å². The fraction of sp³-hybridized carbons (Fsp3) is 0.188. The normalized spacial score (nSPS) is 15.8. The van der Waals surface area contributed by atoms with Gasteiger partial charge in [-0.15, -0.1) is 0 Å². The Balaban J connectivity index is 2.06.